The molecule has 0 aliphatic rings. The minimum absolute atomic E-state index is 0.0666. The summed E-state index contributed by atoms with van der Waals surface area (Å²) in [6, 6.07) is 13.1. The molecule has 0 aliphatic carbocycles. The molecular weight excluding hydrogens is 368 g/mol. The third kappa shape index (κ3) is 4.06. The van der Waals surface area contributed by atoms with Crippen LogP contribution in [0.4, 0.5) is 0 Å². The number of benzene rings is 2. The van der Waals surface area contributed by atoms with E-state index in [-0.39, 0.29) is 9.77 Å². The molecule has 0 amide bonds. The lowest BCUT2D eigenvalue weighted by molar-refractivity contribution is 0.579. The minimum atomic E-state index is -3.58. The molecule has 5 nitrogen and oxygen atoms in total. The van der Waals surface area contributed by atoms with Crippen molar-refractivity contribution < 1.29 is 8.42 Å². The van der Waals surface area contributed by atoms with E-state index >= 15 is 0 Å². The van der Waals surface area contributed by atoms with E-state index in [4.69, 9.17) is 0 Å². The number of thiazole rings is 1. The van der Waals surface area contributed by atoms with Crippen LogP contribution in [0.2, 0.25) is 0 Å². The maximum Gasteiger partial charge on any atom is 0.308 e. The van der Waals surface area contributed by atoms with Gasteiger partial charge in [-0.3, -0.25) is 9.36 Å². The molecule has 0 aliphatic heterocycles. The van der Waals surface area contributed by atoms with E-state index in [9.17, 15) is 13.2 Å². The van der Waals surface area contributed by atoms with Crippen LogP contribution in [0, 0.1) is 6.92 Å². The molecule has 0 bridgehead atoms. The first-order valence-electron chi connectivity index (χ1n) is 8.59. The van der Waals surface area contributed by atoms with Crippen molar-refractivity contribution in [3.63, 3.8) is 0 Å². The highest BCUT2D eigenvalue weighted by molar-refractivity contribution is 7.89. The maximum atomic E-state index is 12.5. The van der Waals surface area contributed by atoms with Gasteiger partial charge in [0.1, 0.15) is 0 Å². The summed E-state index contributed by atoms with van der Waals surface area (Å²) in [5, 5.41) is 0. The van der Waals surface area contributed by atoms with E-state index < -0.39 is 10.0 Å². The summed E-state index contributed by atoms with van der Waals surface area (Å²) >= 11 is 1.08. The number of aryl methyl sites for hydroxylation is 3. The zero-order valence-electron chi connectivity index (χ0n) is 14.9. The van der Waals surface area contributed by atoms with Crippen molar-refractivity contribution in [1.82, 2.24) is 9.29 Å². The van der Waals surface area contributed by atoms with Crippen molar-refractivity contribution in [2.45, 2.75) is 38.1 Å². The molecule has 26 heavy (non-hydrogen) atoms. The average molecular weight is 391 g/mol. The van der Waals surface area contributed by atoms with Crippen molar-refractivity contribution in [3.8, 4) is 0 Å². The first-order chi connectivity index (χ1) is 12.4. The molecule has 0 unspecified atom stereocenters. The summed E-state index contributed by atoms with van der Waals surface area (Å²) in [6.07, 6.45) is 1.55. The third-order valence-electron chi connectivity index (χ3n) is 4.32. The smallest absolute Gasteiger partial charge is 0.299 e. The second-order valence-corrected chi connectivity index (χ2v) is 8.99. The zero-order valence-corrected chi connectivity index (χ0v) is 16.5. The number of sulfonamides is 1. The van der Waals surface area contributed by atoms with Gasteiger partial charge < -0.3 is 0 Å². The van der Waals surface area contributed by atoms with E-state index in [0.717, 1.165) is 29.7 Å². The van der Waals surface area contributed by atoms with Gasteiger partial charge in [-0.15, -0.1) is 0 Å². The molecular formula is C19H22N2O3S2. The SMILES string of the molecule is CCn1c(=O)sc2cc(S(=O)(=O)NCCCc3ccc(C)cc3)ccc21. The molecule has 1 aromatic heterocycles. The topological polar surface area (TPSA) is 68.2 Å². The van der Waals surface area contributed by atoms with Crippen LogP contribution in [0.15, 0.2) is 52.2 Å². The van der Waals surface area contributed by atoms with Crippen LogP contribution >= 0.6 is 11.3 Å². The Morgan fingerprint density at radius 2 is 1.85 bits per heavy atom. The minimum Gasteiger partial charge on any atom is -0.299 e. The second kappa shape index (κ2) is 7.73. The molecule has 1 heterocycles. The molecule has 3 rings (SSSR count). The normalized spacial score (nSPS) is 11.9. The number of fused-ring (bicyclic) bond motifs is 1. The molecule has 1 N–H and O–H groups in total. The van der Waals surface area contributed by atoms with Gasteiger partial charge in [0.25, 0.3) is 0 Å². The largest absolute Gasteiger partial charge is 0.308 e. The second-order valence-electron chi connectivity index (χ2n) is 6.23. The summed E-state index contributed by atoms with van der Waals surface area (Å²) in [7, 11) is -3.58. The van der Waals surface area contributed by atoms with Gasteiger partial charge in [-0.1, -0.05) is 41.2 Å². The summed E-state index contributed by atoms with van der Waals surface area (Å²) in [5.41, 5.74) is 3.19. The van der Waals surface area contributed by atoms with Gasteiger partial charge >= 0.3 is 4.87 Å². The van der Waals surface area contributed by atoms with Gasteiger partial charge in [0, 0.05) is 13.1 Å². The van der Waals surface area contributed by atoms with E-state index in [1.165, 1.54) is 11.1 Å². The van der Waals surface area contributed by atoms with Gasteiger partial charge in [-0.2, -0.15) is 0 Å². The van der Waals surface area contributed by atoms with Crippen molar-refractivity contribution in [3.05, 3.63) is 63.3 Å². The lowest BCUT2D eigenvalue weighted by Gasteiger charge is -2.07. The predicted octanol–water partition coefficient (Wildman–Crippen LogP) is 3.30. The Kier molecular flexibility index (Phi) is 5.60. The highest BCUT2D eigenvalue weighted by atomic mass is 32.2. The van der Waals surface area contributed by atoms with E-state index in [2.05, 4.69) is 29.0 Å². The van der Waals surface area contributed by atoms with E-state index in [1.807, 2.05) is 13.8 Å². The number of nitrogens with one attached hydrogen (secondary N) is 1. The van der Waals surface area contributed by atoms with Crippen LogP contribution in [0.25, 0.3) is 10.2 Å². The molecule has 0 radical (unpaired) electrons. The molecule has 7 heteroatoms. The summed E-state index contributed by atoms with van der Waals surface area (Å²) in [4.78, 5) is 12.0. The fourth-order valence-corrected chi connectivity index (χ4v) is 5.02. The van der Waals surface area contributed by atoms with Crippen LogP contribution in [-0.4, -0.2) is 19.5 Å². The standard InChI is InChI=1S/C19H22N2O3S2/c1-3-21-17-11-10-16(13-18(17)25-19(21)22)26(23,24)20-12-4-5-15-8-6-14(2)7-9-15/h6-11,13,20H,3-5,12H2,1-2H3. The molecule has 0 saturated carbocycles. The summed E-state index contributed by atoms with van der Waals surface area (Å²) in [6.45, 7) is 4.89. The molecule has 138 valence electrons. The quantitative estimate of drug-likeness (QED) is 0.630. The summed E-state index contributed by atoms with van der Waals surface area (Å²) < 4.78 is 30.0. The first-order valence-corrected chi connectivity index (χ1v) is 10.9. The van der Waals surface area contributed by atoms with Crippen LogP contribution in [0.1, 0.15) is 24.5 Å². The van der Waals surface area contributed by atoms with Crippen molar-refractivity contribution in [1.29, 1.82) is 0 Å². The van der Waals surface area contributed by atoms with E-state index in [1.54, 1.807) is 22.8 Å². The van der Waals surface area contributed by atoms with Gasteiger partial charge in [-0.25, -0.2) is 13.1 Å². The number of hydrogen-bond acceptors (Lipinski definition) is 4. The number of aromatic nitrogens is 1. The molecule has 0 fully saturated rings. The Labute approximate surface area is 157 Å². The number of nitrogens with zero attached hydrogens (tertiary/aromatic N) is 1. The fourth-order valence-electron chi connectivity index (χ4n) is 2.85. The first kappa shape index (κ1) is 18.8. The van der Waals surface area contributed by atoms with Crippen LogP contribution in [0.5, 0.6) is 0 Å². The average Bonchev–Trinajstić information content (AvgIpc) is 2.94. The van der Waals surface area contributed by atoms with Crippen LogP contribution in [-0.2, 0) is 23.0 Å². The van der Waals surface area contributed by atoms with Crippen molar-refractivity contribution in [2.75, 3.05) is 6.54 Å². The van der Waals surface area contributed by atoms with Gasteiger partial charge in [0.15, 0.2) is 0 Å². The Hall–Kier alpha value is -1.96. The highest BCUT2D eigenvalue weighted by Crippen LogP contribution is 2.21. The Bertz CT molecular complexity index is 1060. The maximum absolute atomic E-state index is 12.5. The molecule has 0 saturated heterocycles. The molecule has 0 spiro atoms. The molecule has 3 aromatic rings. The van der Waals surface area contributed by atoms with Crippen LogP contribution in [0.3, 0.4) is 0 Å². The molecule has 2 aromatic carbocycles. The Morgan fingerprint density at radius 1 is 1.12 bits per heavy atom. The van der Waals surface area contributed by atoms with Gasteiger partial charge in [0.2, 0.25) is 10.0 Å². The Morgan fingerprint density at radius 3 is 2.54 bits per heavy atom. The molecule has 0 atom stereocenters. The number of rotatable bonds is 7. The van der Waals surface area contributed by atoms with Crippen molar-refractivity contribution >= 4 is 31.6 Å². The monoisotopic (exact) mass is 390 g/mol. The lowest BCUT2D eigenvalue weighted by Crippen LogP contribution is -2.25. The Balaban J connectivity index is 1.67. The van der Waals surface area contributed by atoms with Crippen LogP contribution < -0.4 is 9.60 Å². The van der Waals surface area contributed by atoms with E-state index in [0.29, 0.717) is 17.8 Å². The van der Waals surface area contributed by atoms with Crippen molar-refractivity contribution in [2.24, 2.45) is 0 Å². The number of hydrogen-bond donors (Lipinski definition) is 1. The summed E-state index contributed by atoms with van der Waals surface area (Å²) in [5.74, 6) is 0. The zero-order chi connectivity index (χ0) is 18.7. The van der Waals surface area contributed by atoms with Gasteiger partial charge in [-0.05, 0) is 50.5 Å². The fraction of sp³-hybridized carbons (Fsp3) is 0.316. The van der Waals surface area contributed by atoms with Gasteiger partial charge in [0.05, 0.1) is 15.1 Å². The highest BCUT2D eigenvalue weighted by Gasteiger charge is 2.16. The predicted molar refractivity (Wildman–Crippen MR) is 106 cm³/mol. The third-order valence-corrected chi connectivity index (χ3v) is 6.72. The lowest BCUT2D eigenvalue weighted by atomic mass is 10.1.